The number of H-pyrrole nitrogens is 1. The van der Waals surface area contributed by atoms with Crippen LogP contribution in [0.1, 0.15) is 76.0 Å². The molecule has 0 spiro atoms. The van der Waals surface area contributed by atoms with Crippen LogP contribution in [-0.4, -0.2) is 74.5 Å². The summed E-state index contributed by atoms with van der Waals surface area (Å²) in [6, 6.07) is 1.71. The molecule has 2 aromatic heterocycles. The van der Waals surface area contributed by atoms with E-state index in [1.807, 2.05) is 44.5 Å². The topological polar surface area (TPSA) is 126 Å². The largest absolute Gasteiger partial charge is 0.461 e. The number of hydrogen-bond acceptors (Lipinski definition) is 9. The molecule has 0 unspecified atom stereocenters. The van der Waals surface area contributed by atoms with Crippen LogP contribution in [0.4, 0.5) is 26.8 Å². The van der Waals surface area contributed by atoms with Crippen molar-refractivity contribution in [2.75, 3.05) is 23.9 Å². The Morgan fingerprint density at radius 3 is 2.49 bits per heavy atom. The number of anilines is 3. The van der Waals surface area contributed by atoms with Gasteiger partial charge in [0, 0.05) is 36.9 Å². The first-order valence-electron chi connectivity index (χ1n) is 12.7. The number of halogens is 1. The number of hydrogen-bond donors (Lipinski definition) is 2. The maximum atomic E-state index is 15.3. The van der Waals surface area contributed by atoms with Crippen LogP contribution >= 0.6 is 0 Å². The number of rotatable bonds is 6. The number of aromatic nitrogens is 4. The van der Waals surface area contributed by atoms with E-state index in [4.69, 9.17) is 9.47 Å². The van der Waals surface area contributed by atoms with Crippen molar-refractivity contribution >= 4 is 29.6 Å². The molecule has 4 rings (SSSR count). The third-order valence-electron chi connectivity index (χ3n) is 6.68. The van der Waals surface area contributed by atoms with Crippen molar-refractivity contribution in [1.82, 2.24) is 25.1 Å². The Kier molecular flexibility index (Phi) is 7.56. The molecular formula is C25H36FN7O4. The van der Waals surface area contributed by atoms with Gasteiger partial charge >= 0.3 is 12.1 Å². The van der Waals surface area contributed by atoms with E-state index in [9.17, 15) is 9.59 Å². The molecule has 0 saturated carbocycles. The van der Waals surface area contributed by atoms with Gasteiger partial charge in [-0.3, -0.25) is 5.10 Å². The van der Waals surface area contributed by atoms with Crippen LogP contribution in [0.5, 0.6) is 0 Å². The van der Waals surface area contributed by atoms with Crippen LogP contribution in [0.2, 0.25) is 0 Å². The molecule has 2 aliphatic rings. The first kappa shape index (κ1) is 26.6. The zero-order chi connectivity index (χ0) is 26.9. The quantitative estimate of drug-likeness (QED) is 0.539. The number of fused-ring (bicyclic) bond motifs is 2. The highest BCUT2D eigenvalue weighted by Crippen LogP contribution is 2.38. The van der Waals surface area contributed by atoms with Gasteiger partial charge in [-0.15, -0.1) is 0 Å². The average molecular weight is 518 g/mol. The normalized spacial score (nSPS) is 21.4. The number of carbonyl (C=O) groups is 2. The SMILES string of the molecule is CCOC(=O)c1nc(N(C)[C@@H]2C[C@H]3CCC[C@@H](C2)N3C(=O)OC(C)(C)C)nc(Nc2cc(C)[nH]n2)c1F. The summed E-state index contributed by atoms with van der Waals surface area (Å²) in [6.45, 7) is 9.14. The monoisotopic (exact) mass is 517 g/mol. The third kappa shape index (κ3) is 5.94. The number of esters is 1. The highest BCUT2D eigenvalue weighted by Gasteiger charge is 2.44. The standard InChI is InChI=1S/C25H36FN7O4/c1-7-36-22(34)20-19(26)21(27-18-11-14(2)30-31-18)29-23(28-20)32(6)17-12-15-9-8-10-16(13-17)33(15)24(35)37-25(3,4)5/h11,15-17H,7-10,12-13H2,1-6H3,(H2,27,28,29,30,31)/t15-,16+,17-. The Morgan fingerprint density at radius 1 is 1.24 bits per heavy atom. The molecule has 4 heterocycles. The molecule has 12 heteroatoms. The molecule has 0 aromatic carbocycles. The minimum absolute atomic E-state index is 0.0180. The number of aromatic amines is 1. The van der Waals surface area contributed by atoms with E-state index in [1.165, 1.54) is 0 Å². The van der Waals surface area contributed by atoms with Gasteiger partial charge in [-0.05, 0) is 66.7 Å². The van der Waals surface area contributed by atoms with E-state index >= 15 is 4.39 Å². The van der Waals surface area contributed by atoms with Crippen molar-refractivity contribution in [2.24, 2.45) is 0 Å². The van der Waals surface area contributed by atoms with Crippen LogP contribution in [0, 0.1) is 12.7 Å². The molecule has 202 valence electrons. The molecule has 11 nitrogen and oxygen atoms in total. The number of carbonyl (C=O) groups excluding carboxylic acids is 2. The molecule has 2 bridgehead atoms. The lowest BCUT2D eigenvalue weighted by Gasteiger charge is -2.50. The third-order valence-corrected chi connectivity index (χ3v) is 6.68. The van der Waals surface area contributed by atoms with Gasteiger partial charge in [0.25, 0.3) is 0 Å². The second-order valence-electron chi connectivity index (χ2n) is 10.7. The Bertz CT molecular complexity index is 1130. The summed E-state index contributed by atoms with van der Waals surface area (Å²) in [5, 5.41) is 9.70. The zero-order valence-corrected chi connectivity index (χ0v) is 22.3. The first-order valence-corrected chi connectivity index (χ1v) is 12.7. The van der Waals surface area contributed by atoms with Crippen LogP contribution in [-0.2, 0) is 9.47 Å². The molecule has 37 heavy (non-hydrogen) atoms. The second kappa shape index (κ2) is 10.5. The summed E-state index contributed by atoms with van der Waals surface area (Å²) in [5.41, 5.74) is -0.233. The van der Waals surface area contributed by atoms with Crippen LogP contribution in [0.25, 0.3) is 0 Å². The minimum atomic E-state index is -0.909. The summed E-state index contributed by atoms with van der Waals surface area (Å²) in [6.07, 6.45) is 3.88. The molecule has 2 fully saturated rings. The Balaban J connectivity index is 1.61. The smallest absolute Gasteiger partial charge is 0.410 e. The zero-order valence-electron chi connectivity index (χ0n) is 22.3. The van der Waals surface area contributed by atoms with Gasteiger partial charge in [0.1, 0.15) is 5.60 Å². The van der Waals surface area contributed by atoms with Crippen molar-refractivity contribution < 1.29 is 23.5 Å². The Labute approximate surface area is 216 Å². The van der Waals surface area contributed by atoms with E-state index in [0.29, 0.717) is 18.7 Å². The summed E-state index contributed by atoms with van der Waals surface area (Å²) in [5.74, 6) is -1.40. The van der Waals surface area contributed by atoms with E-state index in [0.717, 1.165) is 25.0 Å². The number of piperidine rings is 2. The second-order valence-corrected chi connectivity index (χ2v) is 10.7. The van der Waals surface area contributed by atoms with Crippen molar-refractivity contribution in [2.45, 2.75) is 90.4 Å². The number of amides is 1. The first-order chi connectivity index (χ1) is 17.5. The van der Waals surface area contributed by atoms with Gasteiger partial charge in [-0.25, -0.2) is 19.0 Å². The molecular weight excluding hydrogens is 481 g/mol. The molecule has 0 radical (unpaired) electrons. The Hall–Kier alpha value is -3.44. The van der Waals surface area contributed by atoms with Crippen molar-refractivity contribution in [3.05, 3.63) is 23.3 Å². The van der Waals surface area contributed by atoms with Gasteiger partial charge in [-0.1, -0.05) is 0 Å². The molecule has 2 N–H and O–H groups in total. The van der Waals surface area contributed by atoms with E-state index in [1.54, 1.807) is 13.0 Å². The Morgan fingerprint density at radius 2 is 1.92 bits per heavy atom. The van der Waals surface area contributed by atoms with Crippen LogP contribution in [0.3, 0.4) is 0 Å². The maximum Gasteiger partial charge on any atom is 0.410 e. The summed E-state index contributed by atoms with van der Waals surface area (Å²) < 4.78 is 26.0. The highest BCUT2D eigenvalue weighted by molar-refractivity contribution is 5.89. The number of nitrogens with one attached hydrogen (secondary N) is 2. The van der Waals surface area contributed by atoms with Gasteiger partial charge in [0.15, 0.2) is 23.1 Å². The maximum absolute atomic E-state index is 15.3. The van der Waals surface area contributed by atoms with Crippen molar-refractivity contribution in [1.29, 1.82) is 0 Å². The van der Waals surface area contributed by atoms with Crippen LogP contribution < -0.4 is 10.2 Å². The van der Waals surface area contributed by atoms with Gasteiger partial charge in [-0.2, -0.15) is 10.1 Å². The predicted octanol–water partition coefficient (Wildman–Crippen LogP) is 4.32. The summed E-state index contributed by atoms with van der Waals surface area (Å²) in [4.78, 5) is 37.9. The predicted molar refractivity (Wildman–Crippen MR) is 135 cm³/mol. The fourth-order valence-electron chi connectivity index (χ4n) is 5.06. The lowest BCUT2D eigenvalue weighted by Crippen LogP contribution is -2.59. The van der Waals surface area contributed by atoms with E-state index in [-0.39, 0.29) is 42.6 Å². The van der Waals surface area contributed by atoms with Gasteiger partial charge in [0.05, 0.1) is 6.61 Å². The van der Waals surface area contributed by atoms with Gasteiger partial charge in [0.2, 0.25) is 5.95 Å². The number of nitrogens with zero attached hydrogens (tertiary/aromatic N) is 5. The fraction of sp³-hybridized carbons (Fsp3) is 0.640. The molecule has 0 aliphatic carbocycles. The van der Waals surface area contributed by atoms with E-state index in [2.05, 4.69) is 25.5 Å². The molecule has 1 amide bonds. The average Bonchev–Trinajstić information content (AvgIpc) is 3.22. The molecule has 2 aliphatic heterocycles. The summed E-state index contributed by atoms with van der Waals surface area (Å²) >= 11 is 0. The minimum Gasteiger partial charge on any atom is -0.461 e. The van der Waals surface area contributed by atoms with Crippen molar-refractivity contribution in [3.8, 4) is 0 Å². The molecule has 2 aromatic rings. The van der Waals surface area contributed by atoms with Crippen LogP contribution in [0.15, 0.2) is 6.07 Å². The fourth-order valence-corrected chi connectivity index (χ4v) is 5.06. The number of aryl methyl sites for hydroxylation is 1. The number of ether oxygens (including phenoxy) is 2. The molecule has 2 saturated heterocycles. The van der Waals surface area contributed by atoms with Gasteiger partial charge < -0.3 is 24.6 Å². The van der Waals surface area contributed by atoms with Crippen molar-refractivity contribution in [3.63, 3.8) is 0 Å². The summed E-state index contributed by atoms with van der Waals surface area (Å²) in [7, 11) is 1.83. The lowest BCUT2D eigenvalue weighted by molar-refractivity contribution is -0.0214. The lowest BCUT2D eigenvalue weighted by atomic mass is 9.81. The van der Waals surface area contributed by atoms with E-state index < -0.39 is 23.1 Å². The molecule has 3 atom stereocenters. The highest BCUT2D eigenvalue weighted by atomic mass is 19.1.